The highest BCUT2D eigenvalue weighted by molar-refractivity contribution is 5.78. The molecule has 0 saturated carbocycles. The predicted molar refractivity (Wildman–Crippen MR) is 123 cm³/mol. The molecule has 32 heavy (non-hydrogen) atoms. The SMILES string of the molecule is CC(C)c1ccc(OCC(=O)N2CCC[C@H](c3cccc(OC(C)(C)C(=O)O)c3)C2)cc1. The number of hydrogen-bond acceptors (Lipinski definition) is 4. The van der Waals surface area contributed by atoms with Crippen LogP contribution in [0.25, 0.3) is 0 Å². The molecule has 2 aromatic carbocycles. The Hall–Kier alpha value is -3.02. The molecule has 0 aromatic heterocycles. The van der Waals surface area contributed by atoms with Crippen molar-refractivity contribution in [2.24, 2.45) is 0 Å². The van der Waals surface area contributed by atoms with Crippen molar-refractivity contribution in [1.82, 2.24) is 4.90 Å². The number of carboxylic acid groups (broad SMARTS) is 1. The molecule has 1 aliphatic heterocycles. The van der Waals surface area contributed by atoms with Crippen LogP contribution in [0.15, 0.2) is 48.5 Å². The minimum absolute atomic E-state index is 0.0176. The monoisotopic (exact) mass is 439 g/mol. The lowest BCUT2D eigenvalue weighted by molar-refractivity contribution is -0.152. The number of ether oxygens (including phenoxy) is 2. The normalized spacial score (nSPS) is 16.7. The quantitative estimate of drug-likeness (QED) is 0.637. The highest BCUT2D eigenvalue weighted by atomic mass is 16.5. The maximum Gasteiger partial charge on any atom is 0.347 e. The van der Waals surface area contributed by atoms with E-state index in [0.29, 0.717) is 30.5 Å². The summed E-state index contributed by atoms with van der Waals surface area (Å²) in [5.41, 5.74) is 0.977. The Morgan fingerprint density at radius 3 is 2.50 bits per heavy atom. The Morgan fingerprint density at radius 1 is 1.12 bits per heavy atom. The largest absolute Gasteiger partial charge is 0.484 e. The molecule has 1 N–H and O–H groups in total. The molecule has 0 aliphatic carbocycles. The number of piperidine rings is 1. The number of benzene rings is 2. The molecule has 6 nitrogen and oxygen atoms in total. The van der Waals surface area contributed by atoms with E-state index in [1.54, 1.807) is 6.07 Å². The summed E-state index contributed by atoms with van der Waals surface area (Å²) >= 11 is 0. The molecule has 1 aliphatic rings. The zero-order valence-corrected chi connectivity index (χ0v) is 19.3. The number of aliphatic carboxylic acids is 1. The number of carboxylic acids is 1. The second-order valence-electron chi connectivity index (χ2n) is 9.18. The highest BCUT2D eigenvalue weighted by Crippen LogP contribution is 2.30. The Kier molecular flexibility index (Phi) is 7.44. The molecular formula is C26H33NO5. The van der Waals surface area contributed by atoms with E-state index < -0.39 is 11.6 Å². The molecule has 1 amide bonds. The number of hydrogen-bond donors (Lipinski definition) is 1. The number of carbonyl (C=O) groups is 2. The molecule has 0 unspecified atom stereocenters. The summed E-state index contributed by atoms with van der Waals surface area (Å²) in [4.78, 5) is 26.0. The first-order chi connectivity index (χ1) is 15.2. The lowest BCUT2D eigenvalue weighted by atomic mass is 9.90. The van der Waals surface area contributed by atoms with Crippen molar-refractivity contribution < 1.29 is 24.2 Å². The molecular weight excluding hydrogens is 406 g/mol. The van der Waals surface area contributed by atoms with E-state index in [0.717, 1.165) is 18.4 Å². The van der Waals surface area contributed by atoms with Gasteiger partial charge in [0.05, 0.1) is 0 Å². The van der Waals surface area contributed by atoms with Crippen LogP contribution in [0.5, 0.6) is 11.5 Å². The summed E-state index contributed by atoms with van der Waals surface area (Å²) in [7, 11) is 0. The van der Waals surface area contributed by atoms with Gasteiger partial charge in [-0.05, 0) is 68.0 Å². The van der Waals surface area contributed by atoms with Gasteiger partial charge < -0.3 is 19.5 Å². The number of nitrogens with zero attached hydrogens (tertiary/aromatic N) is 1. The van der Waals surface area contributed by atoms with Crippen LogP contribution >= 0.6 is 0 Å². The Balaban J connectivity index is 1.59. The third-order valence-corrected chi connectivity index (χ3v) is 5.90. The maximum absolute atomic E-state index is 12.8. The molecule has 172 valence electrons. The molecule has 6 heteroatoms. The minimum Gasteiger partial charge on any atom is -0.484 e. The van der Waals surface area contributed by atoms with E-state index in [4.69, 9.17) is 9.47 Å². The number of likely N-dealkylation sites (tertiary alicyclic amines) is 1. The Labute approximate surface area is 190 Å². The smallest absolute Gasteiger partial charge is 0.347 e. The average Bonchev–Trinajstić information content (AvgIpc) is 2.77. The average molecular weight is 440 g/mol. The second-order valence-corrected chi connectivity index (χ2v) is 9.18. The van der Waals surface area contributed by atoms with Gasteiger partial charge in [-0.25, -0.2) is 4.79 Å². The van der Waals surface area contributed by atoms with Gasteiger partial charge in [0.1, 0.15) is 11.5 Å². The fourth-order valence-electron chi connectivity index (χ4n) is 3.83. The van der Waals surface area contributed by atoms with E-state index >= 15 is 0 Å². The summed E-state index contributed by atoms with van der Waals surface area (Å²) in [6.45, 7) is 8.68. The van der Waals surface area contributed by atoms with Gasteiger partial charge in [-0.2, -0.15) is 0 Å². The molecule has 0 bridgehead atoms. The van der Waals surface area contributed by atoms with Gasteiger partial charge in [-0.3, -0.25) is 4.79 Å². The van der Waals surface area contributed by atoms with Crippen molar-refractivity contribution in [1.29, 1.82) is 0 Å². The molecule has 0 spiro atoms. The van der Waals surface area contributed by atoms with Crippen LogP contribution in [-0.4, -0.2) is 47.2 Å². The lowest BCUT2D eigenvalue weighted by Crippen LogP contribution is -2.41. The zero-order chi connectivity index (χ0) is 23.3. The van der Waals surface area contributed by atoms with Crippen molar-refractivity contribution in [3.8, 4) is 11.5 Å². The van der Waals surface area contributed by atoms with Crippen molar-refractivity contribution >= 4 is 11.9 Å². The summed E-state index contributed by atoms with van der Waals surface area (Å²) in [5.74, 6) is 0.802. The van der Waals surface area contributed by atoms with Gasteiger partial charge in [0.25, 0.3) is 5.91 Å². The molecule has 0 radical (unpaired) electrons. The van der Waals surface area contributed by atoms with Crippen LogP contribution < -0.4 is 9.47 Å². The molecule has 1 fully saturated rings. The van der Waals surface area contributed by atoms with Crippen LogP contribution in [0.3, 0.4) is 0 Å². The van der Waals surface area contributed by atoms with Gasteiger partial charge in [0.15, 0.2) is 12.2 Å². The lowest BCUT2D eigenvalue weighted by Gasteiger charge is -2.33. The first kappa shape index (κ1) is 23.6. The van der Waals surface area contributed by atoms with E-state index in [1.807, 2.05) is 47.4 Å². The third-order valence-electron chi connectivity index (χ3n) is 5.90. The molecule has 1 saturated heterocycles. The Bertz CT molecular complexity index is 935. The van der Waals surface area contributed by atoms with E-state index in [9.17, 15) is 14.7 Å². The Morgan fingerprint density at radius 2 is 1.84 bits per heavy atom. The van der Waals surface area contributed by atoms with Gasteiger partial charge in [0, 0.05) is 19.0 Å². The predicted octanol–water partition coefficient (Wildman–Crippen LogP) is 4.84. The van der Waals surface area contributed by atoms with Crippen LogP contribution in [0.4, 0.5) is 0 Å². The van der Waals surface area contributed by atoms with Crippen LogP contribution in [0, 0.1) is 0 Å². The maximum atomic E-state index is 12.8. The standard InChI is InChI=1S/C26H33NO5/c1-18(2)19-10-12-22(13-11-19)31-17-24(28)27-14-6-8-21(16-27)20-7-5-9-23(15-20)32-26(3,4)25(29)30/h5,7,9-13,15,18,21H,6,8,14,16-17H2,1-4H3,(H,29,30)/t21-/m0/s1. The fourth-order valence-corrected chi connectivity index (χ4v) is 3.83. The summed E-state index contributed by atoms with van der Waals surface area (Å²) in [6, 6.07) is 15.4. The van der Waals surface area contributed by atoms with E-state index in [2.05, 4.69) is 13.8 Å². The molecule has 2 aromatic rings. The number of rotatable bonds is 8. The van der Waals surface area contributed by atoms with E-state index in [-0.39, 0.29) is 18.4 Å². The summed E-state index contributed by atoms with van der Waals surface area (Å²) in [6.07, 6.45) is 1.87. The van der Waals surface area contributed by atoms with Crippen molar-refractivity contribution in [3.63, 3.8) is 0 Å². The van der Waals surface area contributed by atoms with Crippen LogP contribution in [0.1, 0.15) is 63.5 Å². The molecule has 1 heterocycles. The van der Waals surface area contributed by atoms with Crippen LogP contribution in [0.2, 0.25) is 0 Å². The van der Waals surface area contributed by atoms with Crippen molar-refractivity contribution in [3.05, 3.63) is 59.7 Å². The van der Waals surface area contributed by atoms with E-state index in [1.165, 1.54) is 19.4 Å². The highest BCUT2D eigenvalue weighted by Gasteiger charge is 2.30. The van der Waals surface area contributed by atoms with Crippen molar-refractivity contribution in [2.75, 3.05) is 19.7 Å². The fraction of sp³-hybridized carbons (Fsp3) is 0.462. The van der Waals surface area contributed by atoms with Crippen LogP contribution in [-0.2, 0) is 9.59 Å². The first-order valence-corrected chi connectivity index (χ1v) is 11.2. The van der Waals surface area contributed by atoms with Crippen molar-refractivity contribution in [2.45, 2.75) is 58.0 Å². The molecule has 1 atom stereocenters. The van der Waals surface area contributed by atoms with Gasteiger partial charge in [0.2, 0.25) is 0 Å². The first-order valence-electron chi connectivity index (χ1n) is 11.2. The van der Waals surface area contributed by atoms with Gasteiger partial charge >= 0.3 is 5.97 Å². The minimum atomic E-state index is -1.31. The zero-order valence-electron chi connectivity index (χ0n) is 19.3. The molecule has 3 rings (SSSR count). The number of amides is 1. The number of carbonyl (C=O) groups excluding carboxylic acids is 1. The summed E-state index contributed by atoms with van der Waals surface area (Å²) < 4.78 is 11.4. The second kappa shape index (κ2) is 10.1. The van der Waals surface area contributed by atoms with Gasteiger partial charge in [-0.15, -0.1) is 0 Å². The van der Waals surface area contributed by atoms with Gasteiger partial charge in [-0.1, -0.05) is 38.1 Å². The summed E-state index contributed by atoms with van der Waals surface area (Å²) in [5, 5.41) is 9.31. The third kappa shape index (κ3) is 6.02. The topological polar surface area (TPSA) is 76.1 Å².